The summed E-state index contributed by atoms with van der Waals surface area (Å²) in [4.78, 5) is 14.5. The summed E-state index contributed by atoms with van der Waals surface area (Å²) in [6, 6.07) is 15.1. The highest BCUT2D eigenvalue weighted by Crippen LogP contribution is 2.29. The molecule has 3 nitrogen and oxygen atoms in total. The highest BCUT2D eigenvalue weighted by molar-refractivity contribution is 5.79. The van der Waals surface area contributed by atoms with E-state index in [1.165, 1.54) is 11.6 Å². The zero-order valence-corrected chi connectivity index (χ0v) is 14.3. The van der Waals surface area contributed by atoms with Crippen LogP contribution in [0.4, 0.5) is 13.2 Å². The quantitative estimate of drug-likeness (QED) is 0.881. The molecule has 1 heterocycles. The predicted octanol–water partition coefficient (Wildman–Crippen LogP) is 3.64. The molecule has 6 heteroatoms. The van der Waals surface area contributed by atoms with Crippen LogP contribution in [0.1, 0.15) is 23.1 Å². The molecule has 2 aromatic rings. The fraction of sp³-hybridized carbons (Fsp3) is 0.350. The molecule has 0 aliphatic carbocycles. The normalized spacial score (nSPS) is 18.0. The van der Waals surface area contributed by atoms with E-state index in [9.17, 15) is 18.0 Å². The van der Waals surface area contributed by atoms with E-state index in [2.05, 4.69) is 22.3 Å². The summed E-state index contributed by atoms with van der Waals surface area (Å²) in [6.07, 6.45) is -3.59. The van der Waals surface area contributed by atoms with Crippen LogP contribution in [-0.4, -0.2) is 29.9 Å². The zero-order chi connectivity index (χ0) is 18.6. The molecule has 0 saturated carbocycles. The van der Waals surface area contributed by atoms with Gasteiger partial charge in [0.05, 0.1) is 12.0 Å². The zero-order valence-electron chi connectivity index (χ0n) is 14.3. The van der Waals surface area contributed by atoms with E-state index >= 15 is 0 Å². The van der Waals surface area contributed by atoms with Crippen molar-refractivity contribution in [1.29, 1.82) is 0 Å². The number of alkyl halides is 3. The van der Waals surface area contributed by atoms with Gasteiger partial charge < -0.3 is 5.32 Å². The van der Waals surface area contributed by atoms with E-state index in [-0.39, 0.29) is 18.4 Å². The van der Waals surface area contributed by atoms with Crippen LogP contribution in [0.25, 0.3) is 0 Å². The van der Waals surface area contributed by atoms with E-state index in [0.717, 1.165) is 38.2 Å². The van der Waals surface area contributed by atoms with Gasteiger partial charge in [-0.1, -0.05) is 48.5 Å². The molecule has 0 bridgehead atoms. The Kier molecular flexibility index (Phi) is 5.61. The summed E-state index contributed by atoms with van der Waals surface area (Å²) < 4.78 is 38.2. The van der Waals surface area contributed by atoms with Crippen LogP contribution in [0.15, 0.2) is 54.6 Å². The van der Waals surface area contributed by atoms with Crippen molar-refractivity contribution in [2.24, 2.45) is 0 Å². The van der Waals surface area contributed by atoms with Gasteiger partial charge in [0.25, 0.3) is 0 Å². The number of hydrogen-bond donors (Lipinski definition) is 1. The Labute approximate surface area is 150 Å². The first-order valence-electron chi connectivity index (χ1n) is 8.62. The van der Waals surface area contributed by atoms with Crippen LogP contribution in [0.2, 0.25) is 0 Å². The first-order chi connectivity index (χ1) is 12.4. The molecule has 1 fully saturated rings. The van der Waals surface area contributed by atoms with Crippen LogP contribution in [0.5, 0.6) is 0 Å². The fourth-order valence-corrected chi connectivity index (χ4v) is 3.26. The molecular weight excluding hydrogens is 341 g/mol. The van der Waals surface area contributed by atoms with Crippen molar-refractivity contribution in [3.63, 3.8) is 0 Å². The Morgan fingerprint density at radius 3 is 2.54 bits per heavy atom. The van der Waals surface area contributed by atoms with Gasteiger partial charge in [-0.2, -0.15) is 13.2 Å². The van der Waals surface area contributed by atoms with Crippen LogP contribution >= 0.6 is 0 Å². The number of hydrogen-bond acceptors (Lipinski definition) is 2. The van der Waals surface area contributed by atoms with Gasteiger partial charge in [-0.05, 0) is 23.6 Å². The van der Waals surface area contributed by atoms with Gasteiger partial charge >= 0.3 is 6.18 Å². The van der Waals surface area contributed by atoms with Crippen LogP contribution in [0, 0.1) is 0 Å². The Balaban J connectivity index is 1.50. The third kappa shape index (κ3) is 5.08. The van der Waals surface area contributed by atoms with Crippen molar-refractivity contribution >= 4 is 5.91 Å². The van der Waals surface area contributed by atoms with Crippen molar-refractivity contribution in [3.8, 4) is 0 Å². The summed E-state index contributed by atoms with van der Waals surface area (Å²) in [6.45, 7) is 2.48. The number of rotatable bonds is 5. The summed E-state index contributed by atoms with van der Waals surface area (Å²) in [7, 11) is 0. The smallest absolute Gasteiger partial charge is 0.352 e. The molecule has 1 aliphatic heterocycles. The lowest BCUT2D eigenvalue weighted by molar-refractivity contribution is -0.137. The first-order valence-corrected chi connectivity index (χ1v) is 8.62. The Morgan fingerprint density at radius 2 is 1.81 bits per heavy atom. The average Bonchev–Trinajstić information content (AvgIpc) is 3.02. The topological polar surface area (TPSA) is 32.3 Å². The Morgan fingerprint density at radius 1 is 1.08 bits per heavy atom. The second-order valence-corrected chi connectivity index (χ2v) is 6.65. The number of nitrogens with zero attached hydrogens (tertiary/aromatic N) is 1. The Bertz CT molecular complexity index is 746. The molecule has 0 spiro atoms. The van der Waals surface area contributed by atoms with E-state index in [1.807, 2.05) is 18.2 Å². The van der Waals surface area contributed by atoms with Gasteiger partial charge in [-0.15, -0.1) is 0 Å². The summed E-state index contributed by atoms with van der Waals surface area (Å²) in [5, 5.41) is 2.94. The number of carbonyl (C=O) groups is 1. The molecular formula is C20H21F3N2O. The van der Waals surface area contributed by atoms with E-state index in [4.69, 9.17) is 0 Å². The third-order valence-electron chi connectivity index (χ3n) is 4.51. The van der Waals surface area contributed by atoms with Crippen LogP contribution < -0.4 is 5.32 Å². The molecule has 26 heavy (non-hydrogen) atoms. The maximum absolute atomic E-state index is 12.7. The number of likely N-dealkylation sites (tertiary alicyclic amines) is 1. The maximum Gasteiger partial charge on any atom is 0.416 e. The standard InChI is InChI=1S/C20H21F3N2O/c21-20(22,23)17-8-4-7-16(11-17)12-19(26)24-18-9-10-25(14-18)13-15-5-2-1-3-6-15/h1-8,11,18H,9-10,12-14H2,(H,24,26)/t18-/m0/s1. The summed E-state index contributed by atoms with van der Waals surface area (Å²) in [5.74, 6) is -0.240. The number of halogens is 3. The SMILES string of the molecule is O=C(Cc1cccc(C(F)(F)F)c1)N[C@H]1CCN(Cc2ccccc2)C1. The van der Waals surface area contributed by atoms with Crippen molar-refractivity contribution in [2.45, 2.75) is 31.6 Å². The average molecular weight is 362 g/mol. The van der Waals surface area contributed by atoms with Crippen LogP contribution in [-0.2, 0) is 23.9 Å². The molecule has 1 N–H and O–H groups in total. The van der Waals surface area contributed by atoms with Gasteiger partial charge in [-0.25, -0.2) is 0 Å². The maximum atomic E-state index is 12.7. The van der Waals surface area contributed by atoms with Gasteiger partial charge in [0, 0.05) is 25.7 Å². The summed E-state index contributed by atoms with van der Waals surface area (Å²) >= 11 is 0. The number of nitrogens with one attached hydrogen (secondary N) is 1. The minimum absolute atomic E-state index is 0.0389. The molecule has 1 saturated heterocycles. The molecule has 1 aliphatic rings. The molecule has 0 radical (unpaired) electrons. The van der Waals surface area contributed by atoms with E-state index < -0.39 is 11.7 Å². The summed E-state index contributed by atoms with van der Waals surface area (Å²) in [5.41, 5.74) is 0.873. The molecule has 2 aromatic carbocycles. The van der Waals surface area contributed by atoms with Crippen molar-refractivity contribution < 1.29 is 18.0 Å². The highest BCUT2D eigenvalue weighted by Gasteiger charge is 2.30. The van der Waals surface area contributed by atoms with Gasteiger partial charge in [0.15, 0.2) is 0 Å². The molecule has 3 rings (SSSR count). The van der Waals surface area contributed by atoms with Gasteiger partial charge in [0.2, 0.25) is 5.91 Å². The van der Waals surface area contributed by atoms with E-state index in [0.29, 0.717) is 5.56 Å². The molecule has 1 atom stereocenters. The molecule has 0 aromatic heterocycles. The monoisotopic (exact) mass is 362 g/mol. The number of amides is 1. The van der Waals surface area contributed by atoms with Crippen molar-refractivity contribution in [1.82, 2.24) is 10.2 Å². The Hall–Kier alpha value is -2.34. The lowest BCUT2D eigenvalue weighted by atomic mass is 10.1. The van der Waals surface area contributed by atoms with Crippen molar-refractivity contribution in [3.05, 3.63) is 71.3 Å². The number of benzene rings is 2. The minimum atomic E-state index is -4.39. The molecule has 0 unspecified atom stereocenters. The number of carbonyl (C=O) groups excluding carboxylic acids is 1. The predicted molar refractivity (Wildman–Crippen MR) is 93.4 cm³/mol. The lowest BCUT2D eigenvalue weighted by Crippen LogP contribution is -2.37. The third-order valence-corrected chi connectivity index (χ3v) is 4.51. The van der Waals surface area contributed by atoms with Gasteiger partial charge in [0.1, 0.15) is 0 Å². The van der Waals surface area contributed by atoms with Gasteiger partial charge in [-0.3, -0.25) is 9.69 Å². The second kappa shape index (κ2) is 7.91. The minimum Gasteiger partial charge on any atom is -0.352 e. The van der Waals surface area contributed by atoms with Crippen molar-refractivity contribution in [2.75, 3.05) is 13.1 Å². The largest absolute Gasteiger partial charge is 0.416 e. The first kappa shape index (κ1) is 18.5. The lowest BCUT2D eigenvalue weighted by Gasteiger charge is -2.17. The second-order valence-electron chi connectivity index (χ2n) is 6.65. The van der Waals surface area contributed by atoms with Crippen LogP contribution in [0.3, 0.4) is 0 Å². The fourth-order valence-electron chi connectivity index (χ4n) is 3.26. The van der Waals surface area contributed by atoms with E-state index in [1.54, 1.807) is 6.07 Å². The highest BCUT2D eigenvalue weighted by atomic mass is 19.4. The molecule has 138 valence electrons. The molecule has 1 amide bonds.